The first-order chi connectivity index (χ1) is 12.7. The van der Waals surface area contributed by atoms with Gasteiger partial charge in [0.15, 0.2) is 5.82 Å². The van der Waals surface area contributed by atoms with E-state index in [1.165, 1.54) is 24.8 Å². The van der Waals surface area contributed by atoms with E-state index >= 15 is 0 Å². The quantitative estimate of drug-likeness (QED) is 0.866. The summed E-state index contributed by atoms with van der Waals surface area (Å²) in [6.45, 7) is 3.80. The SMILES string of the molecule is CCCc1nc(C2CN(C(=O)CCc3ccccc3)CC23CCC3)n[nH]1. The molecule has 2 aliphatic rings. The van der Waals surface area contributed by atoms with Gasteiger partial charge in [-0.15, -0.1) is 0 Å². The van der Waals surface area contributed by atoms with Crippen molar-refractivity contribution >= 4 is 5.91 Å². The van der Waals surface area contributed by atoms with Crippen LogP contribution in [0.5, 0.6) is 0 Å². The summed E-state index contributed by atoms with van der Waals surface area (Å²) in [5.41, 5.74) is 1.45. The van der Waals surface area contributed by atoms with Gasteiger partial charge in [-0.2, -0.15) is 5.10 Å². The van der Waals surface area contributed by atoms with Crippen LogP contribution in [0.15, 0.2) is 30.3 Å². The van der Waals surface area contributed by atoms with Crippen LogP contribution in [-0.2, 0) is 17.6 Å². The van der Waals surface area contributed by atoms with Crippen molar-refractivity contribution in [2.75, 3.05) is 13.1 Å². The van der Waals surface area contributed by atoms with Crippen molar-refractivity contribution in [1.29, 1.82) is 0 Å². The Morgan fingerprint density at radius 3 is 2.77 bits per heavy atom. The van der Waals surface area contributed by atoms with Crippen LogP contribution in [0.25, 0.3) is 0 Å². The van der Waals surface area contributed by atoms with Gasteiger partial charge in [0.05, 0.1) is 0 Å². The van der Waals surface area contributed by atoms with Gasteiger partial charge in [-0.1, -0.05) is 43.7 Å². The average Bonchev–Trinajstić information content (AvgIpc) is 3.25. The van der Waals surface area contributed by atoms with Crippen LogP contribution in [0, 0.1) is 5.41 Å². The molecule has 2 heterocycles. The fourth-order valence-electron chi connectivity index (χ4n) is 4.52. The summed E-state index contributed by atoms with van der Waals surface area (Å²) in [6, 6.07) is 10.3. The number of rotatable bonds is 6. The Morgan fingerprint density at radius 2 is 2.08 bits per heavy atom. The van der Waals surface area contributed by atoms with Gasteiger partial charge >= 0.3 is 0 Å². The summed E-state index contributed by atoms with van der Waals surface area (Å²) >= 11 is 0. The number of aromatic amines is 1. The van der Waals surface area contributed by atoms with Crippen LogP contribution >= 0.6 is 0 Å². The summed E-state index contributed by atoms with van der Waals surface area (Å²) in [6.07, 6.45) is 7.04. The Bertz CT molecular complexity index is 750. The molecular weight excluding hydrogens is 324 g/mol. The van der Waals surface area contributed by atoms with Gasteiger partial charge in [-0.05, 0) is 36.7 Å². The summed E-state index contributed by atoms with van der Waals surface area (Å²) in [7, 11) is 0. The van der Waals surface area contributed by atoms with Crippen molar-refractivity contribution in [3.63, 3.8) is 0 Å². The topological polar surface area (TPSA) is 61.9 Å². The maximum absolute atomic E-state index is 12.8. The van der Waals surface area contributed by atoms with Crippen molar-refractivity contribution in [1.82, 2.24) is 20.1 Å². The zero-order valence-electron chi connectivity index (χ0n) is 15.6. The van der Waals surface area contributed by atoms with Crippen LogP contribution in [0.4, 0.5) is 0 Å². The molecule has 1 aliphatic heterocycles. The van der Waals surface area contributed by atoms with E-state index in [-0.39, 0.29) is 11.3 Å². The van der Waals surface area contributed by atoms with Crippen molar-refractivity contribution < 1.29 is 4.79 Å². The van der Waals surface area contributed by atoms with Gasteiger partial charge in [0.2, 0.25) is 5.91 Å². The van der Waals surface area contributed by atoms with Crippen LogP contribution in [0.2, 0.25) is 0 Å². The Labute approximate surface area is 155 Å². The smallest absolute Gasteiger partial charge is 0.222 e. The van der Waals surface area contributed by atoms with Gasteiger partial charge in [0.1, 0.15) is 5.82 Å². The van der Waals surface area contributed by atoms with Crippen LogP contribution in [0.3, 0.4) is 0 Å². The van der Waals surface area contributed by atoms with Gasteiger partial charge in [0.25, 0.3) is 0 Å². The fraction of sp³-hybridized carbons (Fsp3) is 0.571. The maximum Gasteiger partial charge on any atom is 0.222 e. The Balaban J connectivity index is 1.43. The molecule has 1 saturated carbocycles. The third-order valence-corrected chi connectivity index (χ3v) is 6.17. The van der Waals surface area contributed by atoms with E-state index in [1.54, 1.807) is 0 Å². The third kappa shape index (κ3) is 3.27. The van der Waals surface area contributed by atoms with Crippen LogP contribution < -0.4 is 0 Å². The van der Waals surface area contributed by atoms with Crippen molar-refractivity contribution in [3.8, 4) is 0 Å². The molecule has 5 heteroatoms. The summed E-state index contributed by atoms with van der Waals surface area (Å²) in [5.74, 6) is 2.46. The Morgan fingerprint density at radius 1 is 1.27 bits per heavy atom. The molecule has 26 heavy (non-hydrogen) atoms. The predicted molar refractivity (Wildman–Crippen MR) is 101 cm³/mol. The number of amides is 1. The highest BCUT2D eigenvalue weighted by molar-refractivity contribution is 5.77. The number of likely N-dealkylation sites (tertiary alicyclic amines) is 1. The monoisotopic (exact) mass is 352 g/mol. The molecule has 1 aromatic heterocycles. The van der Waals surface area contributed by atoms with E-state index in [9.17, 15) is 4.79 Å². The highest BCUT2D eigenvalue weighted by Gasteiger charge is 2.53. The van der Waals surface area contributed by atoms with Gasteiger partial charge < -0.3 is 4.90 Å². The molecule has 4 rings (SSSR count). The second kappa shape index (κ2) is 7.22. The minimum absolute atomic E-state index is 0.216. The number of H-pyrrole nitrogens is 1. The standard InChI is InChI=1S/C21H28N4O/c1-2-7-18-22-20(24-23-18)17-14-25(15-21(17)12-6-13-21)19(26)11-10-16-8-4-3-5-9-16/h3-5,8-9,17H,2,6-7,10-15H2,1H3,(H,22,23,24). The number of aryl methyl sites for hydroxylation is 2. The second-order valence-corrected chi connectivity index (χ2v) is 7.92. The highest BCUT2D eigenvalue weighted by atomic mass is 16.2. The molecule has 1 saturated heterocycles. The molecule has 1 aromatic carbocycles. The Kier molecular flexibility index (Phi) is 4.79. The van der Waals surface area contributed by atoms with Gasteiger partial charge in [0, 0.05) is 31.8 Å². The van der Waals surface area contributed by atoms with Crippen molar-refractivity contribution in [2.45, 2.75) is 57.8 Å². The molecule has 1 spiro atoms. The molecule has 1 N–H and O–H groups in total. The first kappa shape index (κ1) is 17.3. The lowest BCUT2D eigenvalue weighted by molar-refractivity contribution is -0.130. The lowest BCUT2D eigenvalue weighted by atomic mass is 9.62. The fourth-order valence-corrected chi connectivity index (χ4v) is 4.52. The summed E-state index contributed by atoms with van der Waals surface area (Å²) < 4.78 is 0. The minimum atomic E-state index is 0.216. The zero-order valence-corrected chi connectivity index (χ0v) is 15.6. The largest absolute Gasteiger partial charge is 0.341 e. The number of aromatic nitrogens is 3. The number of hydrogen-bond donors (Lipinski definition) is 1. The van der Waals surface area contributed by atoms with Crippen molar-refractivity contribution in [2.24, 2.45) is 5.41 Å². The summed E-state index contributed by atoms with van der Waals surface area (Å²) in [5, 5.41) is 7.60. The molecule has 138 valence electrons. The first-order valence-electron chi connectivity index (χ1n) is 9.93. The van der Waals surface area contributed by atoms with E-state index in [2.05, 4.69) is 34.2 Å². The maximum atomic E-state index is 12.8. The number of nitrogens with zero attached hydrogens (tertiary/aromatic N) is 3. The molecular formula is C21H28N4O. The van der Waals surface area contributed by atoms with Crippen LogP contribution in [0.1, 0.15) is 62.2 Å². The molecule has 2 fully saturated rings. The van der Waals surface area contributed by atoms with Crippen molar-refractivity contribution in [3.05, 3.63) is 47.5 Å². The van der Waals surface area contributed by atoms with Gasteiger partial charge in [-0.3, -0.25) is 9.89 Å². The first-order valence-corrected chi connectivity index (χ1v) is 9.93. The van der Waals surface area contributed by atoms with E-state index in [0.717, 1.165) is 44.0 Å². The number of carbonyl (C=O) groups is 1. The molecule has 1 amide bonds. The minimum Gasteiger partial charge on any atom is -0.341 e. The summed E-state index contributed by atoms with van der Waals surface area (Å²) in [4.78, 5) is 19.6. The molecule has 1 atom stereocenters. The average molecular weight is 352 g/mol. The lowest BCUT2D eigenvalue weighted by Gasteiger charge is -2.41. The molecule has 1 aliphatic carbocycles. The number of benzene rings is 1. The normalized spacial score (nSPS) is 21.1. The van der Waals surface area contributed by atoms with E-state index in [4.69, 9.17) is 4.98 Å². The van der Waals surface area contributed by atoms with Crippen LogP contribution in [-0.4, -0.2) is 39.1 Å². The molecule has 5 nitrogen and oxygen atoms in total. The number of hydrogen-bond acceptors (Lipinski definition) is 3. The lowest BCUT2D eigenvalue weighted by Crippen LogP contribution is -2.38. The molecule has 1 unspecified atom stereocenters. The molecule has 0 radical (unpaired) electrons. The number of carbonyl (C=O) groups excluding carboxylic acids is 1. The highest BCUT2D eigenvalue weighted by Crippen LogP contribution is 2.55. The zero-order chi connectivity index (χ0) is 18.0. The van der Waals surface area contributed by atoms with E-state index in [1.807, 2.05) is 18.2 Å². The second-order valence-electron chi connectivity index (χ2n) is 7.92. The predicted octanol–water partition coefficient (Wildman–Crippen LogP) is 3.49. The number of nitrogens with one attached hydrogen (secondary N) is 1. The molecule has 0 bridgehead atoms. The van der Waals surface area contributed by atoms with E-state index in [0.29, 0.717) is 12.3 Å². The Hall–Kier alpha value is -2.17. The third-order valence-electron chi connectivity index (χ3n) is 6.17. The molecule has 2 aromatic rings. The van der Waals surface area contributed by atoms with Gasteiger partial charge in [-0.25, -0.2) is 4.98 Å². The van der Waals surface area contributed by atoms with E-state index < -0.39 is 0 Å².